The second-order valence-corrected chi connectivity index (χ2v) is 7.93. The Kier molecular flexibility index (Phi) is 4.24. The largest absolute Gasteiger partial charge is 0.450 e. The lowest BCUT2D eigenvalue weighted by Crippen LogP contribution is -2.29. The van der Waals surface area contributed by atoms with Gasteiger partial charge in [0.25, 0.3) is 5.91 Å². The van der Waals surface area contributed by atoms with Crippen LogP contribution in [0.1, 0.15) is 46.1 Å². The molecule has 2 aromatic carbocycles. The van der Waals surface area contributed by atoms with E-state index >= 15 is 0 Å². The summed E-state index contributed by atoms with van der Waals surface area (Å²) in [4.78, 5) is 28.3. The summed E-state index contributed by atoms with van der Waals surface area (Å²) in [6.07, 6.45) is 1.74. The molecule has 0 bridgehead atoms. The van der Waals surface area contributed by atoms with Crippen molar-refractivity contribution in [1.29, 1.82) is 0 Å². The lowest BCUT2D eigenvalue weighted by atomic mass is 9.99. The SMILES string of the molecule is CCCc1nnc(N2C(=O)c3oc4ccccc4c(=O)c3C2c2ccccc2)s1. The summed E-state index contributed by atoms with van der Waals surface area (Å²) < 4.78 is 5.92. The van der Waals surface area contributed by atoms with E-state index in [0.29, 0.717) is 21.7 Å². The van der Waals surface area contributed by atoms with Crippen LogP contribution in [0.3, 0.4) is 0 Å². The molecule has 1 aliphatic rings. The first-order valence-corrected chi connectivity index (χ1v) is 10.3. The van der Waals surface area contributed by atoms with Gasteiger partial charge in [-0.3, -0.25) is 14.5 Å². The monoisotopic (exact) mass is 403 g/mol. The Morgan fingerprint density at radius 3 is 2.59 bits per heavy atom. The lowest BCUT2D eigenvalue weighted by Gasteiger charge is -2.21. The number of hydrogen-bond acceptors (Lipinski definition) is 6. The number of para-hydroxylation sites is 1. The highest BCUT2D eigenvalue weighted by molar-refractivity contribution is 7.15. The molecule has 6 nitrogen and oxygen atoms in total. The van der Waals surface area contributed by atoms with Crippen molar-refractivity contribution in [1.82, 2.24) is 10.2 Å². The first-order chi connectivity index (χ1) is 14.2. The number of fused-ring (bicyclic) bond motifs is 2. The summed E-state index contributed by atoms with van der Waals surface area (Å²) in [6, 6.07) is 15.9. The first kappa shape index (κ1) is 17.8. The zero-order valence-corrected chi connectivity index (χ0v) is 16.5. The smallest absolute Gasteiger partial charge is 0.297 e. The number of amides is 1. The number of benzene rings is 2. The molecule has 0 spiro atoms. The van der Waals surface area contributed by atoms with Gasteiger partial charge in [0.1, 0.15) is 10.6 Å². The number of carbonyl (C=O) groups excluding carboxylic acids is 1. The molecule has 0 saturated heterocycles. The Labute approximate surface area is 170 Å². The summed E-state index contributed by atoms with van der Waals surface area (Å²) in [6.45, 7) is 2.07. The number of rotatable bonds is 4. The standard InChI is InChI=1S/C22H17N3O3S/c1-2-8-16-23-24-22(29-16)25-18(13-9-4-3-5-10-13)17-19(26)14-11-6-7-12-15(14)28-20(17)21(25)27/h3-7,9-12,18H,2,8H2,1H3. The van der Waals surface area contributed by atoms with Crippen LogP contribution in [0.2, 0.25) is 0 Å². The van der Waals surface area contributed by atoms with Gasteiger partial charge in [-0.15, -0.1) is 10.2 Å². The van der Waals surface area contributed by atoms with Crippen LogP contribution in [-0.2, 0) is 6.42 Å². The van der Waals surface area contributed by atoms with Gasteiger partial charge in [0.2, 0.25) is 10.9 Å². The molecule has 2 aromatic heterocycles. The molecule has 0 radical (unpaired) electrons. The predicted molar refractivity (Wildman–Crippen MR) is 111 cm³/mol. The molecule has 7 heteroatoms. The van der Waals surface area contributed by atoms with Crippen molar-refractivity contribution < 1.29 is 9.21 Å². The normalized spacial score (nSPS) is 15.8. The van der Waals surface area contributed by atoms with Crippen LogP contribution in [0.15, 0.2) is 63.8 Å². The average molecular weight is 403 g/mol. The van der Waals surface area contributed by atoms with E-state index in [1.54, 1.807) is 29.2 Å². The van der Waals surface area contributed by atoms with Crippen molar-refractivity contribution >= 4 is 33.3 Å². The fourth-order valence-electron chi connectivity index (χ4n) is 3.72. The van der Waals surface area contributed by atoms with Crippen molar-refractivity contribution in [2.75, 3.05) is 4.90 Å². The highest BCUT2D eigenvalue weighted by atomic mass is 32.1. The summed E-state index contributed by atoms with van der Waals surface area (Å²) in [5.41, 5.74) is 1.40. The maximum atomic E-state index is 13.4. The first-order valence-electron chi connectivity index (χ1n) is 9.45. The van der Waals surface area contributed by atoms with E-state index in [1.165, 1.54) is 11.3 Å². The van der Waals surface area contributed by atoms with E-state index in [4.69, 9.17) is 4.42 Å². The second-order valence-electron chi connectivity index (χ2n) is 6.89. The molecular weight excluding hydrogens is 386 g/mol. The van der Waals surface area contributed by atoms with E-state index < -0.39 is 6.04 Å². The molecule has 0 fully saturated rings. The van der Waals surface area contributed by atoms with Crippen LogP contribution < -0.4 is 10.3 Å². The molecule has 1 unspecified atom stereocenters. The number of carbonyl (C=O) groups is 1. The van der Waals surface area contributed by atoms with Crippen LogP contribution in [0, 0.1) is 0 Å². The van der Waals surface area contributed by atoms with Gasteiger partial charge in [0.05, 0.1) is 17.0 Å². The Bertz CT molecular complexity index is 1280. The molecular formula is C22H17N3O3S. The third-order valence-corrected chi connectivity index (χ3v) is 6.00. The van der Waals surface area contributed by atoms with Gasteiger partial charge in [-0.2, -0.15) is 0 Å². The fraction of sp³-hybridized carbons (Fsp3) is 0.182. The zero-order valence-electron chi connectivity index (χ0n) is 15.7. The summed E-state index contributed by atoms with van der Waals surface area (Å²) >= 11 is 1.38. The Hall–Kier alpha value is -3.32. The molecule has 3 heterocycles. The number of aryl methyl sites for hydroxylation is 1. The molecule has 1 aliphatic heterocycles. The van der Waals surface area contributed by atoms with Gasteiger partial charge < -0.3 is 4.42 Å². The van der Waals surface area contributed by atoms with E-state index in [9.17, 15) is 9.59 Å². The molecule has 0 N–H and O–H groups in total. The van der Waals surface area contributed by atoms with Crippen molar-refractivity contribution in [3.8, 4) is 0 Å². The van der Waals surface area contributed by atoms with Gasteiger partial charge in [-0.1, -0.05) is 60.7 Å². The Morgan fingerprint density at radius 2 is 1.79 bits per heavy atom. The van der Waals surface area contributed by atoms with Gasteiger partial charge in [-0.25, -0.2) is 0 Å². The minimum absolute atomic E-state index is 0.0785. The van der Waals surface area contributed by atoms with E-state index in [2.05, 4.69) is 17.1 Å². The highest BCUT2D eigenvalue weighted by Crippen LogP contribution is 2.42. The van der Waals surface area contributed by atoms with Crippen LogP contribution in [0.5, 0.6) is 0 Å². The number of aromatic nitrogens is 2. The third kappa shape index (κ3) is 2.77. The van der Waals surface area contributed by atoms with Crippen LogP contribution in [0.25, 0.3) is 11.0 Å². The van der Waals surface area contributed by atoms with E-state index in [-0.39, 0.29) is 17.1 Å². The maximum absolute atomic E-state index is 13.4. The van der Waals surface area contributed by atoms with E-state index in [0.717, 1.165) is 23.4 Å². The molecule has 5 rings (SSSR count). The quantitative estimate of drug-likeness (QED) is 0.506. The topological polar surface area (TPSA) is 76.3 Å². The van der Waals surface area contributed by atoms with Crippen molar-refractivity contribution in [2.45, 2.75) is 25.8 Å². The van der Waals surface area contributed by atoms with Crippen LogP contribution in [-0.4, -0.2) is 16.1 Å². The van der Waals surface area contributed by atoms with E-state index in [1.807, 2.05) is 30.3 Å². The number of nitrogens with zero attached hydrogens (tertiary/aromatic N) is 3. The zero-order chi connectivity index (χ0) is 20.0. The molecule has 0 aliphatic carbocycles. The average Bonchev–Trinajstić information content (AvgIpc) is 3.32. The van der Waals surface area contributed by atoms with Crippen molar-refractivity contribution in [3.63, 3.8) is 0 Å². The maximum Gasteiger partial charge on any atom is 0.297 e. The minimum Gasteiger partial charge on any atom is -0.450 e. The molecule has 29 heavy (non-hydrogen) atoms. The molecule has 1 amide bonds. The number of anilines is 1. The Balaban J connectivity index is 1.76. The highest BCUT2D eigenvalue weighted by Gasteiger charge is 2.45. The third-order valence-electron chi connectivity index (χ3n) is 5.02. The van der Waals surface area contributed by atoms with Gasteiger partial charge >= 0.3 is 0 Å². The minimum atomic E-state index is -0.595. The van der Waals surface area contributed by atoms with Crippen LogP contribution in [0.4, 0.5) is 5.13 Å². The number of hydrogen-bond donors (Lipinski definition) is 0. The molecule has 4 aromatic rings. The predicted octanol–water partition coefficient (Wildman–Crippen LogP) is 4.35. The van der Waals surface area contributed by atoms with Crippen LogP contribution >= 0.6 is 11.3 Å². The van der Waals surface area contributed by atoms with Gasteiger partial charge in [0, 0.05) is 6.42 Å². The van der Waals surface area contributed by atoms with Gasteiger partial charge in [0.15, 0.2) is 5.43 Å². The van der Waals surface area contributed by atoms with Crippen molar-refractivity contribution in [2.24, 2.45) is 0 Å². The fourth-order valence-corrected chi connectivity index (χ4v) is 4.69. The van der Waals surface area contributed by atoms with Gasteiger partial charge in [-0.05, 0) is 24.1 Å². The molecule has 1 atom stereocenters. The summed E-state index contributed by atoms with van der Waals surface area (Å²) in [7, 11) is 0. The molecule has 0 saturated carbocycles. The second kappa shape index (κ2) is 6.93. The summed E-state index contributed by atoms with van der Waals surface area (Å²) in [5.74, 6) is -0.286. The molecule has 144 valence electrons. The lowest BCUT2D eigenvalue weighted by molar-refractivity contribution is 0.0970. The Morgan fingerprint density at radius 1 is 1.03 bits per heavy atom. The summed E-state index contributed by atoms with van der Waals surface area (Å²) in [5, 5.41) is 10.3. The van der Waals surface area contributed by atoms with Crippen molar-refractivity contribution in [3.05, 3.63) is 86.7 Å².